The van der Waals surface area contributed by atoms with Crippen molar-refractivity contribution in [2.45, 2.75) is 12.8 Å². The molecule has 0 aliphatic heterocycles. The number of aryl methyl sites for hydroxylation is 2. The van der Waals surface area contributed by atoms with Gasteiger partial charge in [-0.1, -0.05) is 0 Å². The van der Waals surface area contributed by atoms with Gasteiger partial charge in [-0.2, -0.15) is 0 Å². The molecule has 0 fully saturated rings. The quantitative estimate of drug-likeness (QED) is 0.750. The number of hydrogen-bond acceptors (Lipinski definition) is 1. The summed E-state index contributed by atoms with van der Waals surface area (Å²) in [5, 5.41) is 0. The van der Waals surface area contributed by atoms with Gasteiger partial charge >= 0.3 is 0 Å². The normalized spacial score (nSPS) is 13.1. The Morgan fingerprint density at radius 1 is 1.13 bits per heavy atom. The molecule has 0 spiro atoms. The van der Waals surface area contributed by atoms with Crippen molar-refractivity contribution in [1.29, 1.82) is 0 Å². The second-order valence-electron chi connectivity index (χ2n) is 3.90. The first-order valence-corrected chi connectivity index (χ1v) is 5.22. The maximum absolute atomic E-state index is 5.24. The van der Waals surface area contributed by atoms with Gasteiger partial charge in [-0.05, 0) is 48.2 Å². The highest BCUT2D eigenvalue weighted by molar-refractivity contribution is 5.70. The van der Waals surface area contributed by atoms with E-state index < -0.39 is 0 Å². The third-order valence-corrected chi connectivity index (χ3v) is 3.08. The van der Waals surface area contributed by atoms with E-state index in [1.54, 1.807) is 7.11 Å². The van der Waals surface area contributed by atoms with Gasteiger partial charge in [0.25, 0.3) is 0 Å². The van der Waals surface area contributed by atoms with E-state index >= 15 is 0 Å². The van der Waals surface area contributed by atoms with Crippen molar-refractivity contribution in [2.24, 2.45) is 0 Å². The van der Waals surface area contributed by atoms with Gasteiger partial charge in [0.1, 0.15) is 5.75 Å². The SMILES string of the molecule is COc1ccc2c(c1)CCc1cc[nH]c1-2. The van der Waals surface area contributed by atoms with E-state index in [1.807, 2.05) is 12.3 Å². The minimum Gasteiger partial charge on any atom is -0.497 e. The summed E-state index contributed by atoms with van der Waals surface area (Å²) in [6, 6.07) is 8.47. The highest BCUT2D eigenvalue weighted by Crippen LogP contribution is 2.34. The van der Waals surface area contributed by atoms with Gasteiger partial charge < -0.3 is 9.72 Å². The molecule has 0 amide bonds. The van der Waals surface area contributed by atoms with E-state index in [9.17, 15) is 0 Å². The standard InChI is InChI=1S/C13H13NO/c1-15-11-4-5-12-10(8-11)3-2-9-6-7-14-13(9)12/h4-8,14H,2-3H2,1H3. The van der Waals surface area contributed by atoms with Crippen LogP contribution in [0.5, 0.6) is 5.75 Å². The van der Waals surface area contributed by atoms with Crippen molar-refractivity contribution in [3.8, 4) is 17.0 Å². The Bertz CT molecular complexity index is 499. The van der Waals surface area contributed by atoms with Gasteiger partial charge in [0.15, 0.2) is 0 Å². The molecule has 1 aromatic carbocycles. The summed E-state index contributed by atoms with van der Waals surface area (Å²) in [5.41, 5.74) is 5.40. The lowest BCUT2D eigenvalue weighted by Gasteiger charge is -2.17. The average Bonchev–Trinajstić information content (AvgIpc) is 2.76. The second-order valence-corrected chi connectivity index (χ2v) is 3.90. The molecular weight excluding hydrogens is 186 g/mol. The molecule has 2 nitrogen and oxygen atoms in total. The fourth-order valence-corrected chi connectivity index (χ4v) is 2.28. The number of hydrogen-bond donors (Lipinski definition) is 1. The maximum Gasteiger partial charge on any atom is 0.119 e. The summed E-state index contributed by atoms with van der Waals surface area (Å²) in [4.78, 5) is 3.31. The summed E-state index contributed by atoms with van der Waals surface area (Å²) in [5.74, 6) is 0.948. The third-order valence-electron chi connectivity index (χ3n) is 3.08. The monoisotopic (exact) mass is 199 g/mol. The highest BCUT2D eigenvalue weighted by atomic mass is 16.5. The van der Waals surface area contributed by atoms with Gasteiger partial charge in [0.2, 0.25) is 0 Å². The van der Waals surface area contributed by atoms with Gasteiger partial charge in [-0.25, -0.2) is 0 Å². The Morgan fingerprint density at radius 2 is 2.00 bits per heavy atom. The van der Waals surface area contributed by atoms with Crippen LogP contribution in [-0.4, -0.2) is 12.1 Å². The molecule has 0 saturated heterocycles. The lowest BCUT2D eigenvalue weighted by Crippen LogP contribution is -2.02. The number of H-pyrrole nitrogens is 1. The number of nitrogens with one attached hydrogen (secondary N) is 1. The molecule has 2 heteroatoms. The van der Waals surface area contributed by atoms with Crippen molar-refractivity contribution in [3.63, 3.8) is 0 Å². The van der Waals surface area contributed by atoms with Crippen LogP contribution in [0.2, 0.25) is 0 Å². The molecule has 0 radical (unpaired) electrons. The van der Waals surface area contributed by atoms with Gasteiger partial charge in [0, 0.05) is 17.5 Å². The Labute approximate surface area is 88.9 Å². The first kappa shape index (κ1) is 8.60. The van der Waals surface area contributed by atoms with Crippen LogP contribution in [-0.2, 0) is 12.8 Å². The molecule has 0 atom stereocenters. The van der Waals surface area contributed by atoms with Gasteiger partial charge in [-0.3, -0.25) is 0 Å². The molecule has 0 unspecified atom stereocenters. The number of aromatic amines is 1. The minimum absolute atomic E-state index is 0.948. The van der Waals surface area contributed by atoms with Gasteiger partial charge in [0.05, 0.1) is 7.11 Å². The molecule has 76 valence electrons. The molecule has 1 aliphatic carbocycles. The maximum atomic E-state index is 5.24. The summed E-state index contributed by atoms with van der Waals surface area (Å²) in [7, 11) is 1.71. The number of ether oxygens (including phenoxy) is 1. The minimum atomic E-state index is 0.948. The number of benzene rings is 1. The molecule has 1 aromatic heterocycles. The molecular formula is C13H13NO. The van der Waals surface area contributed by atoms with Crippen LogP contribution in [0.1, 0.15) is 11.1 Å². The molecule has 0 bridgehead atoms. The summed E-state index contributed by atoms with van der Waals surface area (Å²) in [6.45, 7) is 0. The van der Waals surface area contributed by atoms with Gasteiger partial charge in [-0.15, -0.1) is 0 Å². The Hall–Kier alpha value is -1.70. The largest absolute Gasteiger partial charge is 0.497 e. The van der Waals surface area contributed by atoms with Crippen LogP contribution in [0, 0.1) is 0 Å². The highest BCUT2D eigenvalue weighted by Gasteiger charge is 2.16. The Morgan fingerprint density at radius 3 is 2.87 bits per heavy atom. The molecule has 0 saturated carbocycles. The fourth-order valence-electron chi connectivity index (χ4n) is 2.28. The van der Waals surface area contributed by atoms with E-state index in [4.69, 9.17) is 4.74 Å². The van der Waals surface area contributed by atoms with E-state index in [-0.39, 0.29) is 0 Å². The zero-order chi connectivity index (χ0) is 10.3. The van der Waals surface area contributed by atoms with Crippen molar-refractivity contribution >= 4 is 0 Å². The molecule has 1 N–H and O–H groups in total. The predicted molar refractivity (Wildman–Crippen MR) is 60.2 cm³/mol. The lowest BCUT2D eigenvalue weighted by molar-refractivity contribution is 0.414. The molecule has 15 heavy (non-hydrogen) atoms. The van der Waals surface area contributed by atoms with Crippen LogP contribution < -0.4 is 4.74 Å². The van der Waals surface area contributed by atoms with Crippen LogP contribution >= 0.6 is 0 Å². The molecule has 2 aromatic rings. The predicted octanol–water partition coefficient (Wildman–Crippen LogP) is 2.79. The van der Waals surface area contributed by atoms with Crippen molar-refractivity contribution in [3.05, 3.63) is 41.6 Å². The summed E-state index contributed by atoms with van der Waals surface area (Å²) >= 11 is 0. The summed E-state index contributed by atoms with van der Waals surface area (Å²) < 4.78 is 5.24. The zero-order valence-corrected chi connectivity index (χ0v) is 8.71. The topological polar surface area (TPSA) is 25.0 Å². The van der Waals surface area contributed by atoms with Crippen molar-refractivity contribution < 1.29 is 4.74 Å². The van der Waals surface area contributed by atoms with Crippen LogP contribution in [0.3, 0.4) is 0 Å². The van der Waals surface area contributed by atoms with E-state index in [2.05, 4.69) is 23.2 Å². The summed E-state index contributed by atoms with van der Waals surface area (Å²) in [6.07, 6.45) is 4.25. The number of methoxy groups -OCH3 is 1. The van der Waals surface area contributed by atoms with Crippen LogP contribution in [0.25, 0.3) is 11.3 Å². The molecule has 3 rings (SSSR count). The van der Waals surface area contributed by atoms with Crippen LogP contribution in [0.15, 0.2) is 30.5 Å². The zero-order valence-electron chi connectivity index (χ0n) is 8.71. The average molecular weight is 199 g/mol. The van der Waals surface area contributed by atoms with E-state index in [0.717, 1.165) is 18.6 Å². The Kier molecular flexibility index (Phi) is 1.81. The molecule has 1 heterocycles. The lowest BCUT2D eigenvalue weighted by atomic mass is 9.90. The first-order valence-electron chi connectivity index (χ1n) is 5.22. The van der Waals surface area contributed by atoms with E-state index in [1.165, 1.54) is 22.4 Å². The second kappa shape index (κ2) is 3.16. The van der Waals surface area contributed by atoms with Crippen LogP contribution in [0.4, 0.5) is 0 Å². The number of aromatic nitrogens is 1. The third kappa shape index (κ3) is 1.25. The van der Waals surface area contributed by atoms with Crippen molar-refractivity contribution in [2.75, 3.05) is 7.11 Å². The van der Waals surface area contributed by atoms with E-state index in [0.29, 0.717) is 0 Å². The Balaban J connectivity index is 2.18. The first-order chi connectivity index (χ1) is 7.38. The number of rotatable bonds is 1. The van der Waals surface area contributed by atoms with Crippen molar-refractivity contribution in [1.82, 2.24) is 4.98 Å². The smallest absolute Gasteiger partial charge is 0.119 e. The fraction of sp³-hybridized carbons (Fsp3) is 0.231. The molecule has 1 aliphatic rings. The number of fused-ring (bicyclic) bond motifs is 3.